The van der Waals surface area contributed by atoms with Crippen molar-refractivity contribution in [1.29, 1.82) is 0 Å². The van der Waals surface area contributed by atoms with Crippen LogP contribution in [0.4, 0.5) is 11.6 Å². The molecule has 0 spiro atoms. The second kappa shape index (κ2) is 7.77. The number of rotatable bonds is 7. The summed E-state index contributed by atoms with van der Waals surface area (Å²) in [5.74, 6) is -3.41. The van der Waals surface area contributed by atoms with Gasteiger partial charge in [0.25, 0.3) is 0 Å². The van der Waals surface area contributed by atoms with Crippen LogP contribution in [0.25, 0.3) is 0 Å². The van der Waals surface area contributed by atoms with Crippen LogP contribution in [0.1, 0.15) is 17.5 Å². The second-order valence-electron chi connectivity index (χ2n) is 6.02. The number of anilines is 2. The average molecular weight is 353 g/mol. The molecule has 2 aromatic rings. The molecular weight excluding hydrogens is 334 g/mol. The molecule has 1 aromatic heterocycles. The topological polar surface area (TPSA) is 104 Å². The van der Waals surface area contributed by atoms with Crippen LogP contribution < -0.4 is 4.90 Å². The minimum Gasteiger partial charge on any atom is -0.481 e. The molecule has 1 aliphatic heterocycles. The Bertz CT molecular complexity index is 822. The van der Waals surface area contributed by atoms with Gasteiger partial charge in [0.15, 0.2) is 5.92 Å². The number of fused-ring (bicyclic) bond motifs is 1. The number of hydrogen-bond donors (Lipinski definition) is 2. The molecule has 0 radical (unpaired) electrons. The summed E-state index contributed by atoms with van der Waals surface area (Å²) in [5.41, 5.74) is 3.37. The minimum absolute atomic E-state index is 0.0365. The van der Waals surface area contributed by atoms with Gasteiger partial charge in [-0.15, -0.1) is 0 Å². The quantitative estimate of drug-likeness (QED) is 0.582. The number of aromatic nitrogens is 2. The number of nitrogens with zero attached hydrogens (tertiary/aromatic N) is 3. The van der Waals surface area contributed by atoms with Crippen LogP contribution in [0, 0.1) is 5.92 Å². The van der Waals surface area contributed by atoms with Crippen molar-refractivity contribution in [3.63, 3.8) is 0 Å². The van der Waals surface area contributed by atoms with Crippen molar-refractivity contribution in [1.82, 2.24) is 9.97 Å². The SMILES string of the molecule is O=C(O)C(CC=CCc1cccc2c1N(c1ncccn1)CC2)C(=O)O. The van der Waals surface area contributed by atoms with Crippen LogP contribution in [-0.2, 0) is 22.4 Å². The first-order valence-electron chi connectivity index (χ1n) is 8.34. The van der Waals surface area contributed by atoms with E-state index in [0.717, 1.165) is 24.2 Å². The summed E-state index contributed by atoms with van der Waals surface area (Å²) in [7, 11) is 0. The van der Waals surface area contributed by atoms with Crippen LogP contribution in [0.3, 0.4) is 0 Å². The lowest BCUT2D eigenvalue weighted by Crippen LogP contribution is -2.22. The lowest BCUT2D eigenvalue weighted by Gasteiger charge is -2.19. The van der Waals surface area contributed by atoms with Crippen LogP contribution >= 0.6 is 0 Å². The fraction of sp³-hybridized carbons (Fsp3) is 0.263. The molecule has 7 nitrogen and oxygen atoms in total. The number of hydrogen-bond acceptors (Lipinski definition) is 5. The Labute approximate surface area is 150 Å². The fourth-order valence-corrected chi connectivity index (χ4v) is 3.08. The number of benzene rings is 1. The van der Waals surface area contributed by atoms with Gasteiger partial charge in [-0.05, 0) is 36.5 Å². The van der Waals surface area contributed by atoms with Gasteiger partial charge in [-0.2, -0.15) is 0 Å². The number of aliphatic carboxylic acids is 2. The maximum Gasteiger partial charge on any atom is 0.318 e. The van der Waals surface area contributed by atoms with Gasteiger partial charge in [0.05, 0.1) is 5.69 Å². The van der Waals surface area contributed by atoms with E-state index >= 15 is 0 Å². The molecule has 0 amide bonds. The Hall–Kier alpha value is -3.22. The molecule has 0 aliphatic carbocycles. The van der Waals surface area contributed by atoms with Gasteiger partial charge in [-0.3, -0.25) is 9.59 Å². The number of para-hydroxylation sites is 1. The molecule has 0 atom stereocenters. The molecular formula is C19H19N3O4. The van der Waals surface area contributed by atoms with Gasteiger partial charge < -0.3 is 15.1 Å². The predicted octanol–water partition coefficient (Wildman–Crippen LogP) is 2.45. The van der Waals surface area contributed by atoms with E-state index in [1.54, 1.807) is 24.5 Å². The molecule has 3 rings (SSSR count). The van der Waals surface area contributed by atoms with E-state index in [2.05, 4.69) is 20.9 Å². The van der Waals surface area contributed by atoms with Gasteiger partial charge in [0.2, 0.25) is 5.95 Å². The number of carboxylic acid groups (broad SMARTS) is 2. The lowest BCUT2D eigenvalue weighted by atomic mass is 10.0. The highest BCUT2D eigenvalue weighted by molar-refractivity contribution is 5.93. The monoisotopic (exact) mass is 353 g/mol. The summed E-state index contributed by atoms with van der Waals surface area (Å²) in [5, 5.41) is 17.8. The highest BCUT2D eigenvalue weighted by Gasteiger charge is 2.25. The maximum absolute atomic E-state index is 10.9. The van der Waals surface area contributed by atoms with Crippen LogP contribution in [0.5, 0.6) is 0 Å². The first-order chi connectivity index (χ1) is 12.6. The summed E-state index contributed by atoms with van der Waals surface area (Å²) in [6, 6.07) is 7.86. The standard InChI is InChI=1S/C19H19N3O4/c23-17(24)15(18(25)26)8-2-1-5-13-6-3-7-14-9-12-22(16(13)14)19-20-10-4-11-21-19/h1-4,6-7,10-11,15H,5,8-9,12H2,(H,23,24)(H,25,26). The van der Waals surface area contributed by atoms with Crippen molar-refractivity contribution in [2.24, 2.45) is 5.92 Å². The van der Waals surface area contributed by atoms with Crippen LogP contribution in [0.15, 0.2) is 48.8 Å². The Balaban J connectivity index is 1.76. The van der Waals surface area contributed by atoms with Crippen LogP contribution in [0.2, 0.25) is 0 Å². The Kier molecular flexibility index (Phi) is 5.26. The lowest BCUT2D eigenvalue weighted by molar-refractivity contribution is -0.154. The highest BCUT2D eigenvalue weighted by atomic mass is 16.4. The van der Waals surface area contributed by atoms with Gasteiger partial charge in [-0.1, -0.05) is 30.4 Å². The zero-order valence-corrected chi connectivity index (χ0v) is 14.1. The average Bonchev–Trinajstić information content (AvgIpc) is 3.06. The van der Waals surface area contributed by atoms with E-state index in [-0.39, 0.29) is 6.42 Å². The number of carboxylic acids is 2. The summed E-state index contributed by atoms with van der Waals surface area (Å²) in [6.07, 6.45) is 8.30. The zero-order valence-electron chi connectivity index (χ0n) is 14.1. The molecule has 26 heavy (non-hydrogen) atoms. The number of allylic oxidation sites excluding steroid dienone is 2. The van der Waals surface area contributed by atoms with Gasteiger partial charge in [-0.25, -0.2) is 9.97 Å². The molecule has 0 unspecified atom stereocenters. The van der Waals surface area contributed by atoms with E-state index in [4.69, 9.17) is 10.2 Å². The Morgan fingerprint density at radius 1 is 1.12 bits per heavy atom. The summed E-state index contributed by atoms with van der Waals surface area (Å²) < 4.78 is 0. The van der Waals surface area contributed by atoms with E-state index in [0.29, 0.717) is 12.4 Å². The van der Waals surface area contributed by atoms with Crippen molar-refractivity contribution in [2.75, 3.05) is 11.4 Å². The van der Waals surface area contributed by atoms with Crippen molar-refractivity contribution in [2.45, 2.75) is 19.3 Å². The first-order valence-corrected chi connectivity index (χ1v) is 8.34. The molecule has 0 bridgehead atoms. The minimum atomic E-state index is -1.41. The second-order valence-corrected chi connectivity index (χ2v) is 6.02. The summed E-state index contributed by atoms with van der Waals surface area (Å²) in [4.78, 5) is 32.6. The molecule has 1 aromatic carbocycles. The van der Waals surface area contributed by atoms with Gasteiger partial charge >= 0.3 is 11.9 Å². The number of carbonyl (C=O) groups is 2. The fourth-order valence-electron chi connectivity index (χ4n) is 3.08. The highest BCUT2D eigenvalue weighted by Crippen LogP contribution is 2.36. The summed E-state index contributed by atoms with van der Waals surface area (Å²) in [6.45, 7) is 0.806. The molecule has 0 fully saturated rings. The molecule has 2 heterocycles. The molecule has 134 valence electrons. The van der Waals surface area contributed by atoms with Gasteiger partial charge in [0, 0.05) is 18.9 Å². The molecule has 0 saturated carbocycles. The van der Waals surface area contributed by atoms with Crippen molar-refractivity contribution in [3.8, 4) is 0 Å². The van der Waals surface area contributed by atoms with E-state index < -0.39 is 17.9 Å². The van der Waals surface area contributed by atoms with Crippen molar-refractivity contribution >= 4 is 23.6 Å². The predicted molar refractivity (Wildman–Crippen MR) is 95.4 cm³/mol. The molecule has 1 aliphatic rings. The van der Waals surface area contributed by atoms with Gasteiger partial charge in [0.1, 0.15) is 0 Å². The molecule has 0 saturated heterocycles. The maximum atomic E-state index is 10.9. The molecule has 2 N–H and O–H groups in total. The van der Waals surface area contributed by atoms with Crippen LogP contribution in [-0.4, -0.2) is 38.7 Å². The Morgan fingerprint density at radius 3 is 2.54 bits per heavy atom. The van der Waals surface area contributed by atoms with E-state index in [1.165, 1.54) is 5.56 Å². The normalized spacial score (nSPS) is 13.3. The zero-order chi connectivity index (χ0) is 18.5. The first kappa shape index (κ1) is 17.6. The third-order valence-electron chi connectivity index (χ3n) is 4.34. The van der Waals surface area contributed by atoms with Crippen molar-refractivity contribution < 1.29 is 19.8 Å². The largest absolute Gasteiger partial charge is 0.481 e. The smallest absolute Gasteiger partial charge is 0.318 e. The molecule has 7 heteroatoms. The van der Waals surface area contributed by atoms with E-state index in [9.17, 15) is 9.59 Å². The Morgan fingerprint density at radius 2 is 1.85 bits per heavy atom. The third kappa shape index (κ3) is 3.72. The third-order valence-corrected chi connectivity index (χ3v) is 4.34. The van der Waals surface area contributed by atoms with E-state index in [1.807, 2.05) is 18.2 Å². The summed E-state index contributed by atoms with van der Waals surface area (Å²) >= 11 is 0. The van der Waals surface area contributed by atoms with Crippen molar-refractivity contribution in [3.05, 3.63) is 59.9 Å².